The van der Waals surface area contributed by atoms with Crippen molar-refractivity contribution in [3.63, 3.8) is 0 Å². The number of hydrogen-bond donors (Lipinski definition) is 1. The molecule has 2 rings (SSSR count). The lowest BCUT2D eigenvalue weighted by atomic mass is 10.1. The molecule has 1 saturated heterocycles. The molecule has 0 radical (unpaired) electrons. The Morgan fingerprint density at radius 1 is 1.65 bits per heavy atom. The van der Waals surface area contributed by atoms with Gasteiger partial charge in [0.25, 0.3) is 0 Å². The Balaban J connectivity index is 1.85. The lowest BCUT2D eigenvalue weighted by Crippen LogP contribution is -2.29. The van der Waals surface area contributed by atoms with Crippen LogP contribution in [0, 0.1) is 11.8 Å². The second kappa shape index (κ2) is 7.44. The fourth-order valence-electron chi connectivity index (χ4n) is 2.18. The van der Waals surface area contributed by atoms with Crippen LogP contribution in [0.3, 0.4) is 0 Å². The van der Waals surface area contributed by atoms with Crippen LogP contribution in [0.4, 0.5) is 0 Å². The Morgan fingerprint density at radius 3 is 3.20 bits per heavy atom. The van der Waals surface area contributed by atoms with Crippen LogP contribution in [-0.2, 0) is 16.1 Å². The molecule has 1 aromatic heterocycles. The molecule has 0 aliphatic carbocycles. The van der Waals surface area contributed by atoms with E-state index in [0.717, 1.165) is 29.9 Å². The molecule has 2 N–H and O–H groups in total. The van der Waals surface area contributed by atoms with Gasteiger partial charge in [-0.2, -0.15) is 0 Å². The average Bonchev–Trinajstić information content (AvgIpc) is 3.08. The summed E-state index contributed by atoms with van der Waals surface area (Å²) in [6, 6.07) is 2.02. The first-order valence-electron chi connectivity index (χ1n) is 6.81. The largest absolute Gasteiger partial charge is 0.378 e. The molecule has 1 amide bonds. The van der Waals surface area contributed by atoms with Crippen molar-refractivity contribution in [3.05, 3.63) is 21.9 Å². The number of rotatable bonds is 4. The SMILES string of the molecule is CN(Cc1csc(C#CCN)c1)C(=O)CC1CCCO1. The van der Waals surface area contributed by atoms with Crippen molar-refractivity contribution in [1.82, 2.24) is 4.90 Å². The van der Waals surface area contributed by atoms with Gasteiger partial charge in [0.2, 0.25) is 5.91 Å². The van der Waals surface area contributed by atoms with Crippen molar-refractivity contribution >= 4 is 17.2 Å². The molecule has 108 valence electrons. The molecule has 0 bridgehead atoms. The van der Waals surface area contributed by atoms with Gasteiger partial charge in [-0.3, -0.25) is 4.79 Å². The third-order valence-corrected chi connectivity index (χ3v) is 4.13. The molecule has 1 atom stereocenters. The van der Waals surface area contributed by atoms with Crippen molar-refractivity contribution in [1.29, 1.82) is 0 Å². The smallest absolute Gasteiger partial charge is 0.225 e. The predicted octanol–water partition coefficient (Wildman–Crippen LogP) is 1.59. The monoisotopic (exact) mass is 292 g/mol. The summed E-state index contributed by atoms with van der Waals surface area (Å²) in [5.74, 6) is 5.98. The minimum absolute atomic E-state index is 0.110. The van der Waals surface area contributed by atoms with Crippen molar-refractivity contribution in [2.45, 2.75) is 31.9 Å². The zero-order valence-electron chi connectivity index (χ0n) is 11.7. The Hall–Kier alpha value is -1.35. The number of carbonyl (C=O) groups is 1. The Bertz CT molecular complexity index is 509. The van der Waals surface area contributed by atoms with Gasteiger partial charge in [0.1, 0.15) is 0 Å². The summed E-state index contributed by atoms with van der Waals surface area (Å²) >= 11 is 1.58. The number of hydrogen-bond acceptors (Lipinski definition) is 4. The minimum Gasteiger partial charge on any atom is -0.378 e. The molecular formula is C15H20N2O2S. The lowest BCUT2D eigenvalue weighted by Gasteiger charge is -2.18. The predicted molar refractivity (Wildman–Crippen MR) is 80.3 cm³/mol. The average molecular weight is 292 g/mol. The van der Waals surface area contributed by atoms with Crippen molar-refractivity contribution < 1.29 is 9.53 Å². The van der Waals surface area contributed by atoms with Crippen molar-refractivity contribution in [2.75, 3.05) is 20.2 Å². The van der Waals surface area contributed by atoms with Gasteiger partial charge in [-0.15, -0.1) is 11.3 Å². The molecule has 1 unspecified atom stereocenters. The van der Waals surface area contributed by atoms with Crippen LogP contribution in [0.5, 0.6) is 0 Å². The molecule has 2 heterocycles. The van der Waals surface area contributed by atoms with Crippen LogP contribution in [0.25, 0.3) is 0 Å². The van der Waals surface area contributed by atoms with E-state index in [4.69, 9.17) is 10.5 Å². The van der Waals surface area contributed by atoms with E-state index in [2.05, 4.69) is 11.8 Å². The highest BCUT2D eigenvalue weighted by molar-refractivity contribution is 7.10. The number of carbonyl (C=O) groups excluding carboxylic acids is 1. The molecule has 20 heavy (non-hydrogen) atoms. The molecule has 0 aromatic carbocycles. The quantitative estimate of drug-likeness (QED) is 0.857. The maximum absolute atomic E-state index is 12.1. The summed E-state index contributed by atoms with van der Waals surface area (Å²) in [6.07, 6.45) is 2.66. The summed E-state index contributed by atoms with van der Waals surface area (Å²) in [5, 5.41) is 2.04. The molecule has 5 heteroatoms. The first kappa shape index (κ1) is 15.0. The molecule has 1 fully saturated rings. The highest BCUT2D eigenvalue weighted by Gasteiger charge is 2.21. The van der Waals surface area contributed by atoms with Crippen LogP contribution in [0.1, 0.15) is 29.7 Å². The molecule has 1 aliphatic rings. The van der Waals surface area contributed by atoms with E-state index in [0.29, 0.717) is 19.5 Å². The van der Waals surface area contributed by atoms with Crippen LogP contribution in [-0.4, -0.2) is 37.1 Å². The van der Waals surface area contributed by atoms with E-state index >= 15 is 0 Å². The van der Waals surface area contributed by atoms with Crippen molar-refractivity contribution in [2.24, 2.45) is 5.73 Å². The Labute approximate surface area is 123 Å². The van der Waals surface area contributed by atoms with Gasteiger partial charge in [-0.25, -0.2) is 0 Å². The van der Waals surface area contributed by atoms with Gasteiger partial charge in [-0.1, -0.05) is 11.8 Å². The number of amides is 1. The molecule has 4 nitrogen and oxygen atoms in total. The Kier molecular flexibility index (Phi) is 5.60. The normalized spacial score (nSPS) is 17.6. The minimum atomic E-state index is 0.110. The molecule has 0 saturated carbocycles. The summed E-state index contributed by atoms with van der Waals surface area (Å²) in [4.78, 5) is 14.8. The first-order valence-corrected chi connectivity index (χ1v) is 7.69. The maximum Gasteiger partial charge on any atom is 0.225 e. The van der Waals surface area contributed by atoms with Gasteiger partial charge in [-0.05, 0) is 29.9 Å². The third-order valence-electron chi connectivity index (χ3n) is 3.24. The van der Waals surface area contributed by atoms with Gasteiger partial charge >= 0.3 is 0 Å². The van der Waals surface area contributed by atoms with Gasteiger partial charge in [0.15, 0.2) is 0 Å². The molecular weight excluding hydrogens is 272 g/mol. The zero-order valence-corrected chi connectivity index (χ0v) is 12.5. The molecule has 1 aliphatic heterocycles. The number of ether oxygens (including phenoxy) is 1. The lowest BCUT2D eigenvalue weighted by molar-refractivity contribution is -0.132. The van der Waals surface area contributed by atoms with Gasteiger partial charge in [0, 0.05) is 20.2 Å². The van der Waals surface area contributed by atoms with E-state index in [1.54, 1.807) is 16.2 Å². The topological polar surface area (TPSA) is 55.6 Å². The second-order valence-electron chi connectivity index (χ2n) is 4.91. The number of thiophene rings is 1. The van der Waals surface area contributed by atoms with E-state index in [1.807, 2.05) is 18.5 Å². The van der Waals surface area contributed by atoms with Crippen LogP contribution in [0.15, 0.2) is 11.4 Å². The van der Waals surface area contributed by atoms with Gasteiger partial charge in [0.05, 0.1) is 23.9 Å². The van der Waals surface area contributed by atoms with Crippen molar-refractivity contribution in [3.8, 4) is 11.8 Å². The molecule has 1 aromatic rings. The second-order valence-corrected chi connectivity index (χ2v) is 5.83. The maximum atomic E-state index is 12.1. The third kappa shape index (κ3) is 4.34. The molecule has 0 spiro atoms. The fraction of sp³-hybridized carbons (Fsp3) is 0.533. The fourth-order valence-corrected chi connectivity index (χ4v) is 2.95. The van der Waals surface area contributed by atoms with Gasteiger partial charge < -0.3 is 15.4 Å². The number of nitrogens with zero attached hydrogens (tertiary/aromatic N) is 1. The zero-order chi connectivity index (χ0) is 14.4. The summed E-state index contributed by atoms with van der Waals surface area (Å²) in [7, 11) is 1.83. The standard InChI is InChI=1S/C15H20N2O2S/c1-17(15(18)9-13-4-3-7-19-13)10-12-8-14(20-11-12)5-2-6-16/h8,11,13H,3-4,6-7,9-10,16H2,1H3. The number of nitrogens with two attached hydrogens (primary N) is 1. The Morgan fingerprint density at radius 2 is 2.50 bits per heavy atom. The summed E-state index contributed by atoms with van der Waals surface area (Å²) in [5.41, 5.74) is 6.46. The summed E-state index contributed by atoms with van der Waals surface area (Å²) in [6.45, 7) is 1.77. The highest BCUT2D eigenvalue weighted by atomic mass is 32.1. The van der Waals surface area contributed by atoms with E-state index in [1.165, 1.54) is 0 Å². The first-order chi connectivity index (χ1) is 9.69. The van der Waals surface area contributed by atoms with E-state index in [-0.39, 0.29) is 12.0 Å². The highest BCUT2D eigenvalue weighted by Crippen LogP contribution is 2.18. The van der Waals surface area contributed by atoms with Crippen LogP contribution >= 0.6 is 11.3 Å². The van der Waals surface area contributed by atoms with E-state index < -0.39 is 0 Å². The summed E-state index contributed by atoms with van der Waals surface area (Å²) < 4.78 is 5.50. The van der Waals surface area contributed by atoms with Crippen LogP contribution in [0.2, 0.25) is 0 Å². The van der Waals surface area contributed by atoms with E-state index in [9.17, 15) is 4.79 Å². The van der Waals surface area contributed by atoms with Crippen LogP contribution < -0.4 is 5.73 Å².